The molecular formula is C15H18N2O3. The van der Waals surface area contributed by atoms with E-state index in [0.717, 1.165) is 19.3 Å². The molecule has 1 saturated carbocycles. The van der Waals surface area contributed by atoms with Gasteiger partial charge in [0.1, 0.15) is 11.8 Å². The maximum Gasteiger partial charge on any atom is 0.325 e. The molecule has 0 bridgehead atoms. The molecule has 0 spiro atoms. The van der Waals surface area contributed by atoms with E-state index in [1.165, 1.54) is 11.0 Å². The maximum atomic E-state index is 12.5. The number of hydrogen-bond donors (Lipinski definition) is 2. The second-order valence-electron chi connectivity index (χ2n) is 5.76. The van der Waals surface area contributed by atoms with Crippen LogP contribution in [0.1, 0.15) is 37.8 Å². The van der Waals surface area contributed by atoms with Crippen molar-refractivity contribution in [2.75, 3.05) is 0 Å². The van der Waals surface area contributed by atoms with Crippen molar-refractivity contribution in [3.05, 3.63) is 29.8 Å². The maximum absolute atomic E-state index is 12.5. The lowest BCUT2D eigenvalue weighted by Crippen LogP contribution is -2.39. The molecule has 1 aromatic carbocycles. The lowest BCUT2D eigenvalue weighted by molar-refractivity contribution is -0.129. The SMILES string of the molecule is C[C@@H]1CC[C@@H](N2C(=O)N[C@@H](c3cccc(O)c3)C2=O)C1. The largest absolute Gasteiger partial charge is 0.508 e. The molecule has 106 valence electrons. The Morgan fingerprint density at radius 2 is 2.10 bits per heavy atom. The number of benzene rings is 1. The molecule has 5 heteroatoms. The van der Waals surface area contributed by atoms with Crippen LogP contribution in [0.4, 0.5) is 4.79 Å². The average molecular weight is 274 g/mol. The highest BCUT2D eigenvalue weighted by atomic mass is 16.3. The van der Waals surface area contributed by atoms with E-state index in [1.54, 1.807) is 18.2 Å². The van der Waals surface area contributed by atoms with E-state index < -0.39 is 6.04 Å². The molecule has 1 aliphatic carbocycles. The highest BCUT2D eigenvalue weighted by molar-refractivity contribution is 6.05. The predicted molar refractivity (Wildman–Crippen MR) is 73.0 cm³/mol. The summed E-state index contributed by atoms with van der Waals surface area (Å²) in [6.07, 6.45) is 2.82. The van der Waals surface area contributed by atoms with Crippen molar-refractivity contribution in [1.82, 2.24) is 10.2 Å². The van der Waals surface area contributed by atoms with E-state index in [1.807, 2.05) is 0 Å². The molecule has 20 heavy (non-hydrogen) atoms. The van der Waals surface area contributed by atoms with Gasteiger partial charge < -0.3 is 10.4 Å². The van der Waals surface area contributed by atoms with Gasteiger partial charge >= 0.3 is 6.03 Å². The van der Waals surface area contributed by atoms with E-state index in [2.05, 4.69) is 12.2 Å². The number of nitrogens with one attached hydrogen (secondary N) is 1. The lowest BCUT2D eigenvalue weighted by atomic mass is 10.1. The van der Waals surface area contributed by atoms with E-state index in [9.17, 15) is 14.7 Å². The fourth-order valence-corrected chi connectivity index (χ4v) is 3.18. The fourth-order valence-electron chi connectivity index (χ4n) is 3.18. The van der Waals surface area contributed by atoms with Gasteiger partial charge in [-0.15, -0.1) is 0 Å². The van der Waals surface area contributed by atoms with Crippen molar-refractivity contribution < 1.29 is 14.7 Å². The normalized spacial score (nSPS) is 29.9. The summed E-state index contributed by atoms with van der Waals surface area (Å²) in [5, 5.41) is 12.2. The second-order valence-corrected chi connectivity index (χ2v) is 5.76. The monoisotopic (exact) mass is 274 g/mol. The van der Waals surface area contributed by atoms with Gasteiger partial charge in [0, 0.05) is 6.04 Å². The average Bonchev–Trinajstić information content (AvgIpc) is 2.93. The Kier molecular flexibility index (Phi) is 3.12. The van der Waals surface area contributed by atoms with Crippen molar-refractivity contribution in [1.29, 1.82) is 0 Å². The van der Waals surface area contributed by atoms with Gasteiger partial charge in [0.25, 0.3) is 5.91 Å². The standard InChI is InChI=1S/C15H18N2O3/c1-9-5-6-11(7-9)17-14(19)13(16-15(17)20)10-3-2-4-12(18)8-10/h2-4,8-9,11,13,18H,5-7H2,1H3,(H,16,20)/t9-,11-,13+/m1/s1. The quantitative estimate of drug-likeness (QED) is 0.812. The molecule has 1 saturated heterocycles. The minimum absolute atomic E-state index is 0.0137. The zero-order valence-electron chi connectivity index (χ0n) is 11.4. The zero-order valence-corrected chi connectivity index (χ0v) is 11.4. The molecule has 0 radical (unpaired) electrons. The van der Waals surface area contributed by atoms with Gasteiger partial charge in [-0.1, -0.05) is 19.1 Å². The van der Waals surface area contributed by atoms with Crippen LogP contribution in [0.15, 0.2) is 24.3 Å². The summed E-state index contributed by atoms with van der Waals surface area (Å²) in [5.74, 6) is 0.442. The lowest BCUT2D eigenvalue weighted by Gasteiger charge is -2.20. The Morgan fingerprint density at radius 1 is 1.30 bits per heavy atom. The molecule has 2 aliphatic rings. The highest BCUT2D eigenvalue weighted by Crippen LogP contribution is 2.33. The Balaban J connectivity index is 1.83. The van der Waals surface area contributed by atoms with E-state index in [4.69, 9.17) is 0 Å². The van der Waals surface area contributed by atoms with Gasteiger partial charge in [0.2, 0.25) is 0 Å². The summed E-state index contributed by atoms with van der Waals surface area (Å²) in [6.45, 7) is 2.14. The molecule has 0 unspecified atom stereocenters. The van der Waals surface area contributed by atoms with E-state index >= 15 is 0 Å². The first-order valence-corrected chi connectivity index (χ1v) is 6.99. The predicted octanol–water partition coefficient (Wildman–Crippen LogP) is 2.17. The molecule has 3 atom stereocenters. The minimum atomic E-state index is -0.675. The summed E-state index contributed by atoms with van der Waals surface area (Å²) in [4.78, 5) is 25.9. The van der Waals surface area contributed by atoms with Gasteiger partial charge in [0.15, 0.2) is 0 Å². The van der Waals surface area contributed by atoms with Gasteiger partial charge in [-0.3, -0.25) is 9.69 Å². The third kappa shape index (κ3) is 2.13. The molecule has 5 nitrogen and oxygen atoms in total. The first kappa shape index (κ1) is 13.0. The Labute approximate surface area is 117 Å². The number of carbonyl (C=O) groups excluding carboxylic acids is 2. The number of amides is 3. The van der Waals surface area contributed by atoms with E-state index in [-0.39, 0.29) is 23.7 Å². The van der Waals surface area contributed by atoms with Gasteiger partial charge in [0.05, 0.1) is 0 Å². The summed E-state index contributed by atoms with van der Waals surface area (Å²) < 4.78 is 0. The zero-order chi connectivity index (χ0) is 14.3. The Bertz CT molecular complexity index is 558. The second kappa shape index (κ2) is 4.81. The Hall–Kier alpha value is -2.04. The van der Waals surface area contributed by atoms with Crippen molar-refractivity contribution in [2.24, 2.45) is 5.92 Å². The molecule has 3 rings (SSSR count). The van der Waals surface area contributed by atoms with Crippen LogP contribution in [-0.4, -0.2) is 28.0 Å². The first-order chi connectivity index (χ1) is 9.56. The van der Waals surface area contributed by atoms with Crippen LogP contribution in [0.5, 0.6) is 5.75 Å². The molecule has 2 fully saturated rings. The highest BCUT2D eigenvalue weighted by Gasteiger charge is 2.44. The molecule has 3 amide bonds. The minimum Gasteiger partial charge on any atom is -0.508 e. The van der Waals surface area contributed by atoms with E-state index in [0.29, 0.717) is 11.5 Å². The van der Waals surface area contributed by atoms with Crippen LogP contribution in [0, 0.1) is 5.92 Å². The van der Waals surface area contributed by atoms with Gasteiger partial charge in [-0.05, 0) is 42.9 Å². The third-order valence-corrected chi connectivity index (χ3v) is 4.21. The molecule has 1 heterocycles. The smallest absolute Gasteiger partial charge is 0.325 e. The summed E-state index contributed by atoms with van der Waals surface area (Å²) in [5.41, 5.74) is 0.622. The van der Waals surface area contributed by atoms with Crippen molar-refractivity contribution in [2.45, 2.75) is 38.3 Å². The Morgan fingerprint density at radius 3 is 2.75 bits per heavy atom. The molecular weight excluding hydrogens is 256 g/mol. The van der Waals surface area contributed by atoms with Crippen LogP contribution >= 0.6 is 0 Å². The van der Waals surface area contributed by atoms with Crippen LogP contribution in [0.3, 0.4) is 0 Å². The van der Waals surface area contributed by atoms with Crippen molar-refractivity contribution >= 4 is 11.9 Å². The van der Waals surface area contributed by atoms with Crippen molar-refractivity contribution in [3.63, 3.8) is 0 Å². The fraction of sp³-hybridized carbons (Fsp3) is 0.467. The summed E-state index contributed by atoms with van der Waals surface area (Å²) >= 11 is 0. The van der Waals surface area contributed by atoms with Crippen LogP contribution < -0.4 is 5.32 Å². The number of phenolic OH excluding ortho intramolecular Hbond substituents is 1. The van der Waals surface area contributed by atoms with Gasteiger partial charge in [-0.25, -0.2) is 4.79 Å². The summed E-state index contributed by atoms with van der Waals surface area (Å²) in [6, 6.07) is 5.49. The number of phenols is 1. The number of nitrogens with zero attached hydrogens (tertiary/aromatic N) is 1. The summed E-state index contributed by atoms with van der Waals surface area (Å²) in [7, 11) is 0. The molecule has 0 aromatic heterocycles. The number of aromatic hydroxyl groups is 1. The number of rotatable bonds is 2. The van der Waals surface area contributed by atoms with Crippen LogP contribution in [0.25, 0.3) is 0 Å². The number of imide groups is 1. The first-order valence-electron chi connectivity index (χ1n) is 6.99. The number of hydrogen-bond acceptors (Lipinski definition) is 3. The third-order valence-electron chi connectivity index (χ3n) is 4.21. The number of carbonyl (C=O) groups is 2. The van der Waals surface area contributed by atoms with Crippen LogP contribution in [-0.2, 0) is 4.79 Å². The molecule has 2 N–H and O–H groups in total. The molecule has 1 aliphatic heterocycles. The van der Waals surface area contributed by atoms with Crippen molar-refractivity contribution in [3.8, 4) is 5.75 Å². The van der Waals surface area contributed by atoms with Crippen LogP contribution in [0.2, 0.25) is 0 Å². The topological polar surface area (TPSA) is 69.6 Å². The molecule has 1 aromatic rings. The van der Waals surface area contributed by atoms with Gasteiger partial charge in [-0.2, -0.15) is 0 Å². The number of urea groups is 1.